The van der Waals surface area contributed by atoms with Crippen molar-refractivity contribution >= 4 is 41.5 Å². The van der Waals surface area contributed by atoms with Gasteiger partial charge in [-0.2, -0.15) is 0 Å². The third-order valence-corrected chi connectivity index (χ3v) is 4.38. The Bertz CT molecular complexity index is 636. The molecular formula is C18H27IN4O2. The molecule has 6 nitrogen and oxygen atoms in total. The highest BCUT2D eigenvalue weighted by Gasteiger charge is 2.33. The first kappa shape index (κ1) is 19.8. The smallest absolute Gasteiger partial charge is 0.224 e. The second kappa shape index (κ2) is 9.26. The van der Waals surface area contributed by atoms with Crippen molar-refractivity contribution in [2.24, 2.45) is 10.9 Å². The highest BCUT2D eigenvalue weighted by molar-refractivity contribution is 14.0. The molecule has 1 fully saturated rings. The predicted molar refractivity (Wildman–Crippen MR) is 111 cm³/mol. The van der Waals surface area contributed by atoms with Gasteiger partial charge < -0.3 is 20.7 Å². The Morgan fingerprint density at radius 3 is 2.92 bits per heavy atom. The average Bonchev–Trinajstić information content (AvgIpc) is 3.26. The van der Waals surface area contributed by atoms with Gasteiger partial charge in [0.2, 0.25) is 5.91 Å². The molecule has 25 heavy (non-hydrogen) atoms. The van der Waals surface area contributed by atoms with Crippen LogP contribution in [0.5, 0.6) is 5.75 Å². The standard InChI is InChI=1S/C18H26N4O2.HI/c1-3-19-18(22-16-10-12(16)2)20-8-9-24-14-5-6-15-13(11-14)4-7-17(23)21-15;/h5-6,11-12,16H,3-4,7-10H2,1-2H3,(H,21,23)(H2,19,20,22);1H. The summed E-state index contributed by atoms with van der Waals surface area (Å²) in [6.07, 6.45) is 2.52. The van der Waals surface area contributed by atoms with Gasteiger partial charge in [0.1, 0.15) is 12.4 Å². The second-order valence-electron chi connectivity index (χ2n) is 6.44. The van der Waals surface area contributed by atoms with E-state index in [2.05, 4.69) is 34.8 Å². The maximum absolute atomic E-state index is 11.4. The molecule has 1 amide bonds. The van der Waals surface area contributed by atoms with Crippen LogP contribution < -0.4 is 20.7 Å². The van der Waals surface area contributed by atoms with E-state index >= 15 is 0 Å². The molecule has 0 spiro atoms. The zero-order valence-electron chi connectivity index (χ0n) is 14.8. The van der Waals surface area contributed by atoms with Crippen molar-refractivity contribution < 1.29 is 9.53 Å². The molecule has 1 heterocycles. The molecule has 2 atom stereocenters. The Balaban J connectivity index is 0.00000225. The number of aliphatic imine (C=N–C) groups is 1. The third-order valence-electron chi connectivity index (χ3n) is 4.38. The molecule has 1 aliphatic heterocycles. The van der Waals surface area contributed by atoms with E-state index in [1.54, 1.807) is 0 Å². The Morgan fingerprint density at radius 2 is 2.20 bits per heavy atom. The fourth-order valence-electron chi connectivity index (χ4n) is 2.79. The van der Waals surface area contributed by atoms with E-state index in [9.17, 15) is 4.79 Å². The summed E-state index contributed by atoms with van der Waals surface area (Å²) in [5, 5.41) is 9.57. The summed E-state index contributed by atoms with van der Waals surface area (Å²) < 4.78 is 5.79. The lowest BCUT2D eigenvalue weighted by molar-refractivity contribution is -0.116. The van der Waals surface area contributed by atoms with Crippen molar-refractivity contribution in [1.29, 1.82) is 0 Å². The van der Waals surface area contributed by atoms with Crippen LogP contribution in [-0.4, -0.2) is 37.6 Å². The Kier molecular flexibility index (Phi) is 7.34. The number of carbonyl (C=O) groups excluding carboxylic acids is 1. The summed E-state index contributed by atoms with van der Waals surface area (Å²) in [5.74, 6) is 2.51. The van der Waals surface area contributed by atoms with Gasteiger partial charge >= 0.3 is 0 Å². The van der Waals surface area contributed by atoms with Crippen molar-refractivity contribution in [3.05, 3.63) is 23.8 Å². The number of hydrogen-bond acceptors (Lipinski definition) is 3. The minimum Gasteiger partial charge on any atom is -0.492 e. The second-order valence-corrected chi connectivity index (χ2v) is 6.44. The predicted octanol–water partition coefficient (Wildman–Crippen LogP) is 2.53. The molecular weight excluding hydrogens is 431 g/mol. The molecule has 7 heteroatoms. The number of nitrogens with zero attached hydrogens (tertiary/aromatic N) is 1. The molecule has 138 valence electrons. The van der Waals surface area contributed by atoms with Gasteiger partial charge in [-0.25, -0.2) is 4.99 Å². The molecule has 0 aromatic heterocycles. The first-order chi connectivity index (χ1) is 11.7. The zero-order chi connectivity index (χ0) is 16.9. The van der Waals surface area contributed by atoms with E-state index in [0.717, 1.165) is 41.8 Å². The summed E-state index contributed by atoms with van der Waals surface area (Å²) in [6.45, 7) is 6.29. The number of hydrogen-bond donors (Lipinski definition) is 3. The number of guanidine groups is 1. The number of nitrogens with one attached hydrogen (secondary N) is 3. The number of rotatable bonds is 6. The largest absolute Gasteiger partial charge is 0.492 e. The van der Waals surface area contributed by atoms with Crippen LogP contribution in [0.3, 0.4) is 0 Å². The van der Waals surface area contributed by atoms with Crippen LogP contribution in [0.1, 0.15) is 32.3 Å². The molecule has 0 radical (unpaired) electrons. The van der Waals surface area contributed by atoms with Crippen molar-refractivity contribution in [3.8, 4) is 5.75 Å². The van der Waals surface area contributed by atoms with E-state index in [1.165, 1.54) is 6.42 Å². The molecule has 1 saturated carbocycles. The topological polar surface area (TPSA) is 74.8 Å². The number of halogens is 1. The SMILES string of the molecule is CCNC(=NCCOc1ccc2c(c1)CCC(=O)N2)NC1CC1C.I. The van der Waals surface area contributed by atoms with E-state index in [0.29, 0.717) is 25.6 Å². The van der Waals surface area contributed by atoms with Crippen LogP contribution in [-0.2, 0) is 11.2 Å². The van der Waals surface area contributed by atoms with Crippen molar-refractivity contribution in [3.63, 3.8) is 0 Å². The molecule has 3 N–H and O–H groups in total. The van der Waals surface area contributed by atoms with E-state index in [-0.39, 0.29) is 29.9 Å². The molecule has 2 unspecified atom stereocenters. The Hall–Kier alpha value is -1.51. The quantitative estimate of drug-likeness (QED) is 0.265. The van der Waals surface area contributed by atoms with E-state index < -0.39 is 0 Å². The lowest BCUT2D eigenvalue weighted by Gasteiger charge is -2.17. The molecule has 3 rings (SSSR count). The van der Waals surface area contributed by atoms with Crippen molar-refractivity contribution in [2.45, 2.75) is 39.2 Å². The zero-order valence-corrected chi connectivity index (χ0v) is 17.1. The molecule has 0 saturated heterocycles. The van der Waals surface area contributed by atoms with E-state index in [4.69, 9.17) is 4.74 Å². The molecule has 1 aromatic rings. The van der Waals surface area contributed by atoms with Gasteiger partial charge in [0.15, 0.2) is 5.96 Å². The third kappa shape index (κ3) is 5.76. The first-order valence-electron chi connectivity index (χ1n) is 8.76. The van der Waals surface area contributed by atoms with E-state index in [1.807, 2.05) is 18.2 Å². The van der Waals surface area contributed by atoms with Crippen molar-refractivity contribution in [1.82, 2.24) is 10.6 Å². The van der Waals surface area contributed by atoms with Crippen LogP contribution in [0, 0.1) is 5.92 Å². The van der Waals surface area contributed by atoms with Gasteiger partial charge in [0, 0.05) is 24.7 Å². The van der Waals surface area contributed by atoms with Gasteiger partial charge in [0.05, 0.1) is 6.54 Å². The van der Waals surface area contributed by atoms with Gasteiger partial charge in [-0.05, 0) is 49.4 Å². The molecule has 2 aliphatic rings. The molecule has 1 aliphatic carbocycles. The lowest BCUT2D eigenvalue weighted by Crippen LogP contribution is -2.39. The Morgan fingerprint density at radius 1 is 1.40 bits per heavy atom. The number of carbonyl (C=O) groups is 1. The summed E-state index contributed by atoms with van der Waals surface area (Å²) in [5.41, 5.74) is 2.03. The fraction of sp³-hybridized carbons (Fsp3) is 0.556. The Labute approximate surface area is 166 Å². The summed E-state index contributed by atoms with van der Waals surface area (Å²) in [4.78, 5) is 15.9. The van der Waals surface area contributed by atoms with Gasteiger partial charge in [0.25, 0.3) is 0 Å². The van der Waals surface area contributed by atoms with Crippen LogP contribution >= 0.6 is 24.0 Å². The van der Waals surface area contributed by atoms with Crippen LogP contribution in [0.2, 0.25) is 0 Å². The molecule has 0 bridgehead atoms. The summed E-state index contributed by atoms with van der Waals surface area (Å²) in [6, 6.07) is 6.36. The number of fused-ring (bicyclic) bond motifs is 1. The van der Waals surface area contributed by atoms with Crippen molar-refractivity contribution in [2.75, 3.05) is 25.0 Å². The van der Waals surface area contributed by atoms with Crippen LogP contribution in [0.15, 0.2) is 23.2 Å². The minimum absolute atomic E-state index is 0. The lowest BCUT2D eigenvalue weighted by atomic mass is 10.0. The maximum atomic E-state index is 11.4. The maximum Gasteiger partial charge on any atom is 0.224 e. The highest BCUT2D eigenvalue weighted by Crippen LogP contribution is 2.29. The summed E-state index contributed by atoms with van der Waals surface area (Å²) in [7, 11) is 0. The fourth-order valence-corrected chi connectivity index (χ4v) is 2.79. The monoisotopic (exact) mass is 458 g/mol. The number of amides is 1. The number of benzene rings is 1. The average molecular weight is 458 g/mol. The van der Waals surface area contributed by atoms with Gasteiger partial charge in [-0.1, -0.05) is 6.92 Å². The van der Waals surface area contributed by atoms with Gasteiger partial charge in [-0.3, -0.25) is 4.79 Å². The summed E-state index contributed by atoms with van der Waals surface area (Å²) >= 11 is 0. The minimum atomic E-state index is 0. The van der Waals surface area contributed by atoms with Gasteiger partial charge in [-0.15, -0.1) is 24.0 Å². The molecule has 1 aromatic carbocycles. The number of aryl methyl sites for hydroxylation is 1. The number of anilines is 1. The van der Waals surface area contributed by atoms with Crippen LogP contribution in [0.25, 0.3) is 0 Å². The van der Waals surface area contributed by atoms with Crippen LogP contribution in [0.4, 0.5) is 5.69 Å². The first-order valence-corrected chi connectivity index (χ1v) is 8.76. The highest BCUT2D eigenvalue weighted by atomic mass is 127. The normalized spacial score (nSPS) is 21.5. The number of ether oxygens (including phenoxy) is 1.